The van der Waals surface area contributed by atoms with Crippen LogP contribution in [0.4, 0.5) is 19.0 Å². The number of H-pyrrole nitrogens is 1. The number of anilines is 1. The molecule has 0 bridgehead atoms. The van der Waals surface area contributed by atoms with Gasteiger partial charge < -0.3 is 10.7 Å². The minimum Gasteiger partial charge on any atom is -0.383 e. The Morgan fingerprint density at radius 3 is 2.76 bits per heavy atom. The molecule has 1 aromatic heterocycles. The Hall–Kier alpha value is -1.69. The number of aromatic nitrogens is 2. The smallest absolute Gasteiger partial charge is 0.383 e. The van der Waals surface area contributed by atoms with Gasteiger partial charge in [-0.05, 0) is 0 Å². The second-order valence-electron chi connectivity index (χ2n) is 3.01. The molecular formula is C8H7F3N4OS. The first-order valence-corrected chi connectivity index (χ1v) is 5.27. The summed E-state index contributed by atoms with van der Waals surface area (Å²) in [5.74, 6) is -2.75. The average molecular weight is 264 g/mol. The van der Waals surface area contributed by atoms with Crippen molar-refractivity contribution in [2.45, 2.75) is 11.3 Å². The van der Waals surface area contributed by atoms with Gasteiger partial charge in [0.2, 0.25) is 0 Å². The molecule has 0 spiro atoms. The van der Waals surface area contributed by atoms with Crippen molar-refractivity contribution in [3.63, 3.8) is 0 Å². The van der Waals surface area contributed by atoms with E-state index in [-0.39, 0.29) is 11.0 Å². The molecule has 0 saturated heterocycles. The number of hydrogen-bond donors (Lipinski definition) is 2. The predicted octanol–water partition coefficient (Wildman–Crippen LogP) is 1.15. The largest absolute Gasteiger partial charge is 0.405 e. The van der Waals surface area contributed by atoms with E-state index in [1.165, 1.54) is 0 Å². The Kier molecular flexibility index (Phi) is 4.01. The van der Waals surface area contributed by atoms with Crippen LogP contribution in [0.25, 0.3) is 0 Å². The monoisotopic (exact) mass is 264 g/mol. The maximum atomic E-state index is 12.2. The quantitative estimate of drug-likeness (QED) is 0.630. The number of thioether (sulfide) groups is 1. The zero-order valence-electron chi connectivity index (χ0n) is 8.28. The molecule has 9 heteroatoms. The number of aromatic amines is 1. The van der Waals surface area contributed by atoms with Crippen LogP contribution in [0.1, 0.15) is 0 Å². The lowest BCUT2D eigenvalue weighted by atomic mass is 10.2. The minimum absolute atomic E-state index is 0.0421. The van der Waals surface area contributed by atoms with E-state index in [1.54, 1.807) is 0 Å². The normalized spacial score (nSPS) is 13.1. The van der Waals surface area contributed by atoms with Crippen LogP contribution in [0.15, 0.2) is 16.0 Å². The van der Waals surface area contributed by atoms with Crippen molar-refractivity contribution >= 4 is 17.6 Å². The van der Waals surface area contributed by atoms with Crippen LogP contribution < -0.4 is 11.3 Å². The van der Waals surface area contributed by atoms with Crippen LogP contribution >= 0.6 is 11.8 Å². The predicted molar refractivity (Wildman–Crippen MR) is 55.2 cm³/mol. The molecule has 3 N–H and O–H groups in total. The van der Waals surface area contributed by atoms with Gasteiger partial charge in [0.1, 0.15) is 5.82 Å². The second-order valence-corrected chi connectivity index (χ2v) is 4.02. The van der Waals surface area contributed by atoms with Crippen molar-refractivity contribution < 1.29 is 13.2 Å². The highest BCUT2D eigenvalue weighted by molar-refractivity contribution is 7.99. The molecule has 1 atom stereocenters. The first kappa shape index (κ1) is 13.4. The van der Waals surface area contributed by atoms with Gasteiger partial charge in [0.05, 0.1) is 6.07 Å². The molecule has 0 saturated carbocycles. The highest BCUT2D eigenvalue weighted by Crippen LogP contribution is 2.29. The molecule has 1 unspecified atom stereocenters. The third-order valence-electron chi connectivity index (χ3n) is 1.68. The highest BCUT2D eigenvalue weighted by atomic mass is 32.2. The van der Waals surface area contributed by atoms with Gasteiger partial charge in [-0.1, -0.05) is 11.8 Å². The first-order valence-electron chi connectivity index (χ1n) is 4.29. The van der Waals surface area contributed by atoms with E-state index in [0.717, 1.165) is 12.1 Å². The molecule has 0 amide bonds. The summed E-state index contributed by atoms with van der Waals surface area (Å²) in [5.41, 5.74) is 4.70. The molecule has 1 heterocycles. The summed E-state index contributed by atoms with van der Waals surface area (Å²) in [7, 11) is 0. The number of rotatable bonds is 3. The molecule has 0 aromatic carbocycles. The number of halogens is 3. The van der Waals surface area contributed by atoms with E-state index < -0.39 is 23.4 Å². The molecule has 5 nitrogen and oxygen atoms in total. The molecule has 0 radical (unpaired) electrons. The zero-order chi connectivity index (χ0) is 13.1. The van der Waals surface area contributed by atoms with E-state index in [4.69, 9.17) is 11.0 Å². The molecule has 0 aliphatic carbocycles. The average Bonchev–Trinajstić information content (AvgIpc) is 2.14. The molecule has 0 aliphatic rings. The van der Waals surface area contributed by atoms with Crippen molar-refractivity contribution in [2.75, 3.05) is 11.5 Å². The van der Waals surface area contributed by atoms with E-state index in [2.05, 4.69) is 9.97 Å². The third kappa shape index (κ3) is 3.99. The molecule has 92 valence electrons. The lowest BCUT2D eigenvalue weighted by Gasteiger charge is -2.11. The van der Waals surface area contributed by atoms with Gasteiger partial charge >= 0.3 is 6.18 Å². The van der Waals surface area contributed by atoms with Gasteiger partial charge in [0.15, 0.2) is 11.1 Å². The van der Waals surface area contributed by atoms with Crippen molar-refractivity contribution in [1.82, 2.24) is 9.97 Å². The first-order chi connectivity index (χ1) is 7.82. The number of hydrogen-bond acceptors (Lipinski definition) is 5. The van der Waals surface area contributed by atoms with E-state index >= 15 is 0 Å². The van der Waals surface area contributed by atoms with Crippen LogP contribution in [0, 0.1) is 17.2 Å². The number of nitrogens with zero attached hydrogens (tertiary/aromatic N) is 2. The van der Waals surface area contributed by atoms with Crippen LogP contribution in [0.3, 0.4) is 0 Å². The Labute approximate surface area is 97.8 Å². The van der Waals surface area contributed by atoms with E-state index in [1.807, 2.05) is 0 Å². The second kappa shape index (κ2) is 5.09. The number of nitrogens with two attached hydrogens (primary N) is 1. The van der Waals surface area contributed by atoms with Gasteiger partial charge in [0.25, 0.3) is 5.56 Å². The number of nitrogens with one attached hydrogen (secondary N) is 1. The maximum Gasteiger partial charge on any atom is 0.405 e. The SMILES string of the molecule is N#CC(CSc1nc(N)cc(=O)[nH]1)C(F)(F)F. The Balaban J connectivity index is 2.74. The van der Waals surface area contributed by atoms with Crippen molar-refractivity contribution in [3.05, 3.63) is 16.4 Å². The summed E-state index contributed by atoms with van der Waals surface area (Å²) in [6.07, 6.45) is -4.59. The standard InChI is InChI=1S/C8H7F3N4OS/c9-8(10,11)4(2-12)3-17-7-14-5(13)1-6(16)15-7/h1,4H,3H2,(H3,13,14,15,16). The minimum atomic E-state index is -4.59. The fraction of sp³-hybridized carbons (Fsp3) is 0.375. The summed E-state index contributed by atoms with van der Waals surface area (Å²) in [4.78, 5) is 16.8. The maximum absolute atomic E-state index is 12.2. The summed E-state index contributed by atoms with van der Waals surface area (Å²) in [6.45, 7) is 0. The van der Waals surface area contributed by atoms with E-state index in [0.29, 0.717) is 11.8 Å². The third-order valence-corrected chi connectivity index (χ3v) is 2.64. The fourth-order valence-electron chi connectivity index (χ4n) is 0.889. The number of nitriles is 1. The lowest BCUT2D eigenvalue weighted by molar-refractivity contribution is -0.152. The summed E-state index contributed by atoms with van der Waals surface area (Å²) >= 11 is 0.619. The zero-order valence-corrected chi connectivity index (χ0v) is 9.10. The summed E-state index contributed by atoms with van der Waals surface area (Å²) < 4.78 is 36.7. The highest BCUT2D eigenvalue weighted by Gasteiger charge is 2.39. The van der Waals surface area contributed by atoms with Gasteiger partial charge in [0, 0.05) is 11.8 Å². The number of nitrogen functional groups attached to an aromatic ring is 1. The Bertz CT molecular complexity index is 493. The lowest BCUT2D eigenvalue weighted by Crippen LogP contribution is -2.23. The van der Waals surface area contributed by atoms with Crippen LogP contribution in [-0.2, 0) is 0 Å². The Morgan fingerprint density at radius 1 is 1.65 bits per heavy atom. The summed E-state index contributed by atoms with van der Waals surface area (Å²) in [5, 5.41) is 8.31. The van der Waals surface area contributed by atoms with Crippen molar-refractivity contribution in [3.8, 4) is 6.07 Å². The van der Waals surface area contributed by atoms with Crippen LogP contribution in [-0.4, -0.2) is 21.9 Å². The van der Waals surface area contributed by atoms with Crippen LogP contribution in [0.2, 0.25) is 0 Å². The van der Waals surface area contributed by atoms with Crippen LogP contribution in [0.5, 0.6) is 0 Å². The molecule has 0 aliphatic heterocycles. The van der Waals surface area contributed by atoms with Gasteiger partial charge in [-0.3, -0.25) is 4.79 Å². The van der Waals surface area contributed by atoms with E-state index in [9.17, 15) is 18.0 Å². The van der Waals surface area contributed by atoms with Gasteiger partial charge in [-0.15, -0.1) is 0 Å². The number of alkyl halides is 3. The molecule has 1 rings (SSSR count). The van der Waals surface area contributed by atoms with Gasteiger partial charge in [-0.25, -0.2) is 4.98 Å². The van der Waals surface area contributed by atoms with Crippen molar-refractivity contribution in [1.29, 1.82) is 5.26 Å². The molecule has 17 heavy (non-hydrogen) atoms. The summed E-state index contributed by atoms with van der Waals surface area (Å²) in [6, 6.07) is 2.15. The molecule has 1 aromatic rings. The van der Waals surface area contributed by atoms with Crippen molar-refractivity contribution in [2.24, 2.45) is 5.92 Å². The topological polar surface area (TPSA) is 95.6 Å². The molecular weight excluding hydrogens is 257 g/mol. The fourth-order valence-corrected chi connectivity index (χ4v) is 1.82. The molecule has 0 fully saturated rings. The van der Waals surface area contributed by atoms with Gasteiger partial charge in [-0.2, -0.15) is 18.4 Å². The Morgan fingerprint density at radius 2 is 2.29 bits per heavy atom.